The van der Waals surface area contributed by atoms with Crippen LogP contribution in [0.15, 0.2) is 48.8 Å². The summed E-state index contributed by atoms with van der Waals surface area (Å²) in [4.78, 5) is 5.53. The topological polar surface area (TPSA) is 13.1 Å². The number of nitrogens with zero attached hydrogens (tertiary/aromatic N) is 1. The van der Waals surface area contributed by atoms with E-state index in [0.717, 1.165) is 13.0 Å². The summed E-state index contributed by atoms with van der Waals surface area (Å²) in [6.07, 6.45) is 8.65. The van der Waals surface area contributed by atoms with E-state index in [0.29, 0.717) is 0 Å². The first-order chi connectivity index (χ1) is 12.3. The van der Waals surface area contributed by atoms with Crippen molar-refractivity contribution < 1.29 is 34.7 Å². The third-order valence-corrected chi connectivity index (χ3v) is 3.35. The number of aryl methyl sites for hydroxylation is 1. The van der Waals surface area contributed by atoms with Gasteiger partial charge in [-0.3, -0.25) is 4.84 Å². The average molecular weight is 415 g/mol. The molecule has 0 atom stereocenters. The van der Waals surface area contributed by atoms with E-state index < -0.39 is 7.81 Å². The number of unbranched alkanes of at least 4 members (excludes halogenated alkanes) is 1. The molecule has 154 valence electrons. The Balaban J connectivity index is 0.000000445. The monoisotopic (exact) mass is 415 g/mol. The molecule has 0 amide bonds. The zero-order valence-corrected chi connectivity index (χ0v) is 16.1. The van der Waals surface area contributed by atoms with Crippen molar-refractivity contribution in [3.8, 4) is 11.1 Å². The van der Waals surface area contributed by atoms with E-state index in [4.69, 9.17) is 4.84 Å². The fourth-order valence-electron chi connectivity index (χ4n) is 2.13. The van der Waals surface area contributed by atoms with Crippen LogP contribution in [0, 0.1) is 0 Å². The SMILES string of the molecule is CCCCc1ccc(-c2cc[n+](OCCC)cc2)cc1.F[P-](F)(F)(F)(F)F. The van der Waals surface area contributed by atoms with Crippen LogP contribution in [0.2, 0.25) is 0 Å². The number of halogens is 6. The molecule has 0 saturated carbocycles. The van der Waals surface area contributed by atoms with E-state index in [9.17, 15) is 25.2 Å². The quantitative estimate of drug-likeness (QED) is 0.265. The van der Waals surface area contributed by atoms with E-state index in [1.54, 1.807) is 4.73 Å². The number of hydrogen-bond acceptors (Lipinski definition) is 1. The van der Waals surface area contributed by atoms with Gasteiger partial charge in [-0.15, -0.1) is 0 Å². The first-order valence-corrected chi connectivity index (χ1v) is 10.6. The van der Waals surface area contributed by atoms with Crippen molar-refractivity contribution in [2.75, 3.05) is 6.61 Å². The summed E-state index contributed by atoms with van der Waals surface area (Å²) >= 11 is 0. The van der Waals surface area contributed by atoms with Crippen LogP contribution < -0.4 is 9.57 Å². The molecule has 1 heterocycles. The van der Waals surface area contributed by atoms with Gasteiger partial charge in [0.25, 0.3) is 0 Å². The van der Waals surface area contributed by atoms with Gasteiger partial charge in [0.15, 0.2) is 6.61 Å². The molecule has 0 aliphatic heterocycles. The molecular formula is C18H24F6NOP. The summed E-state index contributed by atoms with van der Waals surface area (Å²) in [5, 5.41) is 0. The van der Waals surface area contributed by atoms with Crippen LogP contribution in [0.25, 0.3) is 11.1 Å². The molecule has 27 heavy (non-hydrogen) atoms. The predicted molar refractivity (Wildman–Crippen MR) is 96.0 cm³/mol. The van der Waals surface area contributed by atoms with Gasteiger partial charge in [-0.2, -0.15) is 0 Å². The average Bonchev–Trinajstić information content (AvgIpc) is 2.56. The number of benzene rings is 1. The zero-order valence-electron chi connectivity index (χ0n) is 15.2. The number of hydrogen-bond donors (Lipinski definition) is 0. The minimum atomic E-state index is -10.7. The first kappa shape index (κ1) is 23.2. The van der Waals surface area contributed by atoms with Gasteiger partial charge in [0.05, 0.1) is 0 Å². The van der Waals surface area contributed by atoms with Crippen LogP contribution in [0.5, 0.6) is 0 Å². The van der Waals surface area contributed by atoms with Crippen LogP contribution in [0.4, 0.5) is 25.2 Å². The number of rotatable bonds is 7. The van der Waals surface area contributed by atoms with E-state index in [1.807, 2.05) is 12.4 Å². The summed E-state index contributed by atoms with van der Waals surface area (Å²) in [6.45, 7) is 5.08. The Morgan fingerprint density at radius 3 is 1.70 bits per heavy atom. The second kappa shape index (κ2) is 8.46. The van der Waals surface area contributed by atoms with Crippen molar-refractivity contribution >= 4 is 7.81 Å². The van der Waals surface area contributed by atoms with Crippen LogP contribution in [0.1, 0.15) is 38.7 Å². The fourth-order valence-corrected chi connectivity index (χ4v) is 2.13. The third kappa shape index (κ3) is 13.1. The Labute approximate surface area is 155 Å². The van der Waals surface area contributed by atoms with E-state index in [1.165, 1.54) is 36.0 Å². The molecule has 9 heteroatoms. The molecule has 0 radical (unpaired) electrons. The van der Waals surface area contributed by atoms with Crippen LogP contribution in [-0.4, -0.2) is 6.61 Å². The molecule has 1 aromatic carbocycles. The summed E-state index contributed by atoms with van der Waals surface area (Å²) in [6, 6.07) is 13.1. The number of pyridine rings is 1. The predicted octanol–water partition coefficient (Wildman–Crippen LogP) is 7.20. The van der Waals surface area contributed by atoms with Gasteiger partial charge in [0, 0.05) is 16.9 Å². The van der Waals surface area contributed by atoms with E-state index in [2.05, 4.69) is 50.2 Å². The van der Waals surface area contributed by atoms with E-state index in [-0.39, 0.29) is 0 Å². The molecule has 0 bridgehead atoms. The van der Waals surface area contributed by atoms with Crippen LogP contribution >= 0.6 is 7.81 Å². The maximum absolute atomic E-state index is 10.7. The fraction of sp³-hybridized carbons (Fsp3) is 0.389. The number of aromatic nitrogens is 1. The van der Waals surface area contributed by atoms with Crippen molar-refractivity contribution in [1.82, 2.24) is 0 Å². The van der Waals surface area contributed by atoms with Crippen LogP contribution in [0.3, 0.4) is 0 Å². The normalized spacial score (nSPS) is 13.8. The van der Waals surface area contributed by atoms with Crippen molar-refractivity contribution in [2.45, 2.75) is 39.5 Å². The standard InChI is InChI=1S/C18H24NO.F6P/c1-3-5-6-16-7-9-17(10-8-16)18-11-13-19(14-12-18)20-15-4-2;1-7(2,3,4,5)6/h7-14H,3-6,15H2,1-2H3;/q+1;-1. The van der Waals surface area contributed by atoms with Crippen molar-refractivity contribution in [2.24, 2.45) is 0 Å². The Kier molecular flexibility index (Phi) is 7.28. The van der Waals surface area contributed by atoms with Gasteiger partial charge in [-0.05, 0) is 36.0 Å². The molecular weight excluding hydrogens is 391 g/mol. The molecule has 2 rings (SSSR count). The summed E-state index contributed by atoms with van der Waals surface area (Å²) in [7, 11) is -10.7. The van der Waals surface area contributed by atoms with Gasteiger partial charge < -0.3 is 0 Å². The summed E-state index contributed by atoms with van der Waals surface area (Å²) < 4.78 is 61.0. The van der Waals surface area contributed by atoms with E-state index >= 15 is 0 Å². The summed E-state index contributed by atoms with van der Waals surface area (Å²) in [5.74, 6) is 0. The Morgan fingerprint density at radius 2 is 1.26 bits per heavy atom. The zero-order chi connectivity index (χ0) is 20.6. The molecule has 0 N–H and O–H groups in total. The maximum atomic E-state index is 9.87. The van der Waals surface area contributed by atoms with Gasteiger partial charge >= 0.3 is 33.0 Å². The Bertz CT molecular complexity index is 638. The van der Waals surface area contributed by atoms with Gasteiger partial charge in [0.1, 0.15) is 0 Å². The molecule has 1 aromatic heterocycles. The first-order valence-electron chi connectivity index (χ1n) is 8.58. The minimum absolute atomic E-state index is 0.746. The molecule has 0 unspecified atom stereocenters. The van der Waals surface area contributed by atoms with Gasteiger partial charge in [-0.1, -0.05) is 44.5 Å². The Morgan fingerprint density at radius 1 is 0.778 bits per heavy atom. The van der Waals surface area contributed by atoms with Gasteiger partial charge in [-0.25, -0.2) is 0 Å². The van der Waals surface area contributed by atoms with Crippen molar-refractivity contribution in [1.29, 1.82) is 0 Å². The van der Waals surface area contributed by atoms with Gasteiger partial charge in [0.2, 0.25) is 12.4 Å². The molecule has 0 saturated heterocycles. The summed E-state index contributed by atoms with van der Waals surface area (Å²) in [5.41, 5.74) is 3.91. The second-order valence-electron chi connectivity index (χ2n) is 6.04. The van der Waals surface area contributed by atoms with Crippen molar-refractivity contribution in [3.63, 3.8) is 0 Å². The molecule has 0 spiro atoms. The van der Waals surface area contributed by atoms with Crippen molar-refractivity contribution in [3.05, 3.63) is 54.4 Å². The molecule has 0 fully saturated rings. The molecule has 0 aliphatic carbocycles. The Hall–Kier alpha value is -1.82. The van der Waals surface area contributed by atoms with Crippen LogP contribution in [-0.2, 0) is 6.42 Å². The molecule has 2 aromatic rings. The molecule has 2 nitrogen and oxygen atoms in total. The third-order valence-electron chi connectivity index (χ3n) is 3.35. The molecule has 0 aliphatic rings. The second-order valence-corrected chi connectivity index (χ2v) is 7.96.